The zero-order valence-corrected chi connectivity index (χ0v) is 14.0. The maximum absolute atomic E-state index is 12.2. The van der Waals surface area contributed by atoms with E-state index in [-0.39, 0.29) is 18.6 Å². The van der Waals surface area contributed by atoms with Crippen molar-refractivity contribution in [2.45, 2.75) is 25.8 Å². The van der Waals surface area contributed by atoms with Crippen molar-refractivity contribution in [2.24, 2.45) is 0 Å². The Bertz CT molecular complexity index is 720. The summed E-state index contributed by atoms with van der Waals surface area (Å²) in [5, 5.41) is 3.25. The summed E-state index contributed by atoms with van der Waals surface area (Å²) in [6, 6.07) is 9.76. The number of nitrogens with one attached hydrogen (secondary N) is 1. The van der Waals surface area contributed by atoms with Gasteiger partial charge in [0.2, 0.25) is 5.91 Å². The second-order valence-corrected chi connectivity index (χ2v) is 5.92. The van der Waals surface area contributed by atoms with Gasteiger partial charge in [0.05, 0.1) is 11.7 Å². The van der Waals surface area contributed by atoms with Crippen LogP contribution in [0.3, 0.4) is 0 Å². The molecular formula is C18H22N4O2. The standard InChI is InChI=1S/C18H22N4O2/c1-13-6-4-10-19-18(13)21-16-9-3-7-14(20-16)15-8-5-11-22(15)17(23)12-24-2/h3-4,6-7,9-10,15H,5,8,11-12H2,1-2H3,(H,19,20,21)/t15-/m1/s1. The number of aromatic nitrogens is 2. The molecule has 1 fully saturated rings. The third-order valence-corrected chi connectivity index (χ3v) is 4.21. The zero-order chi connectivity index (χ0) is 16.9. The number of likely N-dealkylation sites (tertiary alicyclic amines) is 1. The fraction of sp³-hybridized carbons (Fsp3) is 0.389. The monoisotopic (exact) mass is 326 g/mol. The Morgan fingerprint density at radius 2 is 2.25 bits per heavy atom. The van der Waals surface area contributed by atoms with Crippen LogP contribution in [0.5, 0.6) is 0 Å². The molecule has 1 aliphatic heterocycles. The van der Waals surface area contributed by atoms with Gasteiger partial charge in [-0.2, -0.15) is 0 Å². The molecule has 6 heteroatoms. The minimum Gasteiger partial charge on any atom is -0.375 e. The van der Waals surface area contributed by atoms with Gasteiger partial charge in [0.15, 0.2) is 0 Å². The van der Waals surface area contributed by atoms with Crippen molar-refractivity contribution in [1.29, 1.82) is 0 Å². The number of amides is 1. The van der Waals surface area contributed by atoms with Gasteiger partial charge in [-0.3, -0.25) is 4.79 Å². The Hall–Kier alpha value is -2.47. The highest BCUT2D eigenvalue weighted by Crippen LogP contribution is 2.31. The minimum atomic E-state index is 0.0132. The number of methoxy groups -OCH3 is 1. The topological polar surface area (TPSA) is 67.3 Å². The van der Waals surface area contributed by atoms with Crippen LogP contribution in [-0.2, 0) is 9.53 Å². The van der Waals surface area contributed by atoms with Crippen LogP contribution in [0.15, 0.2) is 36.5 Å². The second kappa shape index (κ2) is 7.40. The van der Waals surface area contributed by atoms with Crippen LogP contribution in [0.1, 0.15) is 30.1 Å². The molecule has 0 radical (unpaired) electrons. The van der Waals surface area contributed by atoms with Gasteiger partial charge in [0, 0.05) is 19.9 Å². The molecule has 1 saturated heterocycles. The molecule has 1 amide bonds. The number of hydrogen-bond donors (Lipinski definition) is 1. The molecule has 1 N–H and O–H groups in total. The highest BCUT2D eigenvalue weighted by atomic mass is 16.5. The summed E-state index contributed by atoms with van der Waals surface area (Å²) < 4.78 is 4.98. The van der Waals surface area contributed by atoms with E-state index in [0.29, 0.717) is 0 Å². The van der Waals surface area contributed by atoms with Crippen LogP contribution >= 0.6 is 0 Å². The lowest BCUT2D eigenvalue weighted by Gasteiger charge is -2.24. The molecule has 3 rings (SSSR count). The maximum Gasteiger partial charge on any atom is 0.249 e. The molecule has 6 nitrogen and oxygen atoms in total. The third-order valence-electron chi connectivity index (χ3n) is 4.21. The second-order valence-electron chi connectivity index (χ2n) is 5.92. The zero-order valence-electron chi connectivity index (χ0n) is 14.0. The van der Waals surface area contributed by atoms with Crippen molar-refractivity contribution in [1.82, 2.24) is 14.9 Å². The number of anilines is 2. The van der Waals surface area contributed by atoms with Crippen LogP contribution < -0.4 is 5.32 Å². The molecule has 0 saturated carbocycles. The molecule has 0 aliphatic carbocycles. The fourth-order valence-corrected chi connectivity index (χ4v) is 3.02. The Kier molecular flexibility index (Phi) is 5.05. The van der Waals surface area contributed by atoms with E-state index in [0.717, 1.165) is 42.3 Å². The van der Waals surface area contributed by atoms with Crippen molar-refractivity contribution < 1.29 is 9.53 Å². The fourth-order valence-electron chi connectivity index (χ4n) is 3.02. The van der Waals surface area contributed by atoms with Crippen LogP contribution in [-0.4, -0.2) is 41.0 Å². The molecule has 1 atom stereocenters. The Balaban J connectivity index is 1.80. The molecule has 0 unspecified atom stereocenters. The molecule has 2 aromatic rings. The third kappa shape index (κ3) is 3.54. The first-order chi connectivity index (χ1) is 11.7. The quantitative estimate of drug-likeness (QED) is 0.915. The largest absolute Gasteiger partial charge is 0.375 e. The number of nitrogens with zero attached hydrogens (tertiary/aromatic N) is 3. The van der Waals surface area contributed by atoms with E-state index in [1.807, 2.05) is 42.2 Å². The van der Waals surface area contributed by atoms with Crippen LogP contribution in [0.25, 0.3) is 0 Å². The van der Waals surface area contributed by atoms with Crippen molar-refractivity contribution in [2.75, 3.05) is 25.6 Å². The summed E-state index contributed by atoms with van der Waals surface area (Å²) in [4.78, 5) is 23.1. The number of ether oxygens (including phenoxy) is 1. The van der Waals surface area contributed by atoms with Gasteiger partial charge >= 0.3 is 0 Å². The normalized spacial score (nSPS) is 17.1. The minimum absolute atomic E-state index is 0.0132. The summed E-state index contributed by atoms with van der Waals surface area (Å²) in [6.45, 7) is 2.87. The van der Waals surface area contributed by atoms with Gasteiger partial charge < -0.3 is 15.0 Å². The van der Waals surface area contributed by atoms with Gasteiger partial charge in [-0.05, 0) is 43.5 Å². The first kappa shape index (κ1) is 16.4. The number of carbonyl (C=O) groups is 1. The summed E-state index contributed by atoms with van der Waals surface area (Å²) in [5.41, 5.74) is 1.96. The maximum atomic E-state index is 12.2. The average Bonchev–Trinajstić information content (AvgIpc) is 3.07. The van der Waals surface area contributed by atoms with Crippen molar-refractivity contribution >= 4 is 17.5 Å². The van der Waals surface area contributed by atoms with Crippen LogP contribution in [0, 0.1) is 6.92 Å². The highest BCUT2D eigenvalue weighted by molar-refractivity contribution is 5.78. The molecular weight excluding hydrogens is 304 g/mol. The predicted molar refractivity (Wildman–Crippen MR) is 92.1 cm³/mol. The molecule has 2 aromatic heterocycles. The number of rotatable bonds is 5. The lowest BCUT2D eigenvalue weighted by molar-refractivity contribution is -0.136. The molecule has 24 heavy (non-hydrogen) atoms. The Labute approximate surface area is 141 Å². The van der Waals surface area contributed by atoms with E-state index < -0.39 is 0 Å². The smallest absolute Gasteiger partial charge is 0.249 e. The predicted octanol–water partition coefficient (Wildman–Crippen LogP) is 2.84. The number of pyridine rings is 2. The van der Waals surface area contributed by atoms with Crippen molar-refractivity contribution in [3.63, 3.8) is 0 Å². The molecule has 0 bridgehead atoms. The van der Waals surface area contributed by atoms with Gasteiger partial charge in [-0.15, -0.1) is 0 Å². The summed E-state index contributed by atoms with van der Waals surface area (Å²) in [5.74, 6) is 1.54. The van der Waals surface area contributed by atoms with Crippen LogP contribution in [0.4, 0.5) is 11.6 Å². The summed E-state index contributed by atoms with van der Waals surface area (Å²) in [7, 11) is 1.54. The van der Waals surface area contributed by atoms with E-state index in [1.165, 1.54) is 0 Å². The van der Waals surface area contributed by atoms with Crippen LogP contribution in [0.2, 0.25) is 0 Å². The molecule has 1 aliphatic rings. The van der Waals surface area contributed by atoms with E-state index in [2.05, 4.69) is 10.3 Å². The first-order valence-electron chi connectivity index (χ1n) is 8.13. The Morgan fingerprint density at radius 1 is 1.38 bits per heavy atom. The first-order valence-corrected chi connectivity index (χ1v) is 8.13. The van der Waals surface area contributed by atoms with Gasteiger partial charge in [0.1, 0.15) is 18.2 Å². The van der Waals surface area contributed by atoms with E-state index in [4.69, 9.17) is 9.72 Å². The van der Waals surface area contributed by atoms with Crippen molar-refractivity contribution in [3.05, 3.63) is 47.8 Å². The number of carbonyl (C=O) groups excluding carboxylic acids is 1. The van der Waals surface area contributed by atoms with E-state index in [9.17, 15) is 4.79 Å². The number of hydrogen-bond acceptors (Lipinski definition) is 5. The molecule has 3 heterocycles. The SMILES string of the molecule is COCC(=O)N1CCC[C@@H]1c1cccc(Nc2ncccc2C)n1. The van der Waals surface area contributed by atoms with E-state index in [1.54, 1.807) is 13.3 Å². The lowest BCUT2D eigenvalue weighted by atomic mass is 10.1. The van der Waals surface area contributed by atoms with Gasteiger partial charge in [-0.1, -0.05) is 12.1 Å². The summed E-state index contributed by atoms with van der Waals surface area (Å²) in [6.07, 6.45) is 3.66. The molecule has 126 valence electrons. The molecule has 0 spiro atoms. The summed E-state index contributed by atoms with van der Waals surface area (Å²) >= 11 is 0. The average molecular weight is 326 g/mol. The highest BCUT2D eigenvalue weighted by Gasteiger charge is 2.30. The molecule has 0 aromatic carbocycles. The lowest BCUT2D eigenvalue weighted by Crippen LogP contribution is -2.33. The number of aryl methyl sites for hydroxylation is 1. The van der Waals surface area contributed by atoms with E-state index >= 15 is 0 Å². The Morgan fingerprint density at radius 3 is 3.04 bits per heavy atom. The van der Waals surface area contributed by atoms with Gasteiger partial charge in [0.25, 0.3) is 0 Å². The van der Waals surface area contributed by atoms with Crippen molar-refractivity contribution in [3.8, 4) is 0 Å². The van der Waals surface area contributed by atoms with Gasteiger partial charge in [-0.25, -0.2) is 9.97 Å².